The molecule has 108 valence electrons. The number of nitrogens with zero attached hydrogens (tertiary/aromatic N) is 1. The van der Waals surface area contributed by atoms with E-state index < -0.39 is 0 Å². The Morgan fingerprint density at radius 1 is 1.33 bits per heavy atom. The summed E-state index contributed by atoms with van der Waals surface area (Å²) in [5, 5.41) is 12.9. The van der Waals surface area contributed by atoms with Gasteiger partial charge in [0.25, 0.3) is 0 Å². The van der Waals surface area contributed by atoms with E-state index in [4.69, 9.17) is 0 Å². The summed E-state index contributed by atoms with van der Waals surface area (Å²) >= 11 is 0. The van der Waals surface area contributed by atoms with E-state index in [2.05, 4.69) is 10.3 Å². The fraction of sp³-hybridized carbons (Fsp3) is 0.294. The smallest absolute Gasteiger partial charge is 0.220 e. The molecule has 2 aromatic rings. The van der Waals surface area contributed by atoms with Gasteiger partial charge in [-0.15, -0.1) is 0 Å². The summed E-state index contributed by atoms with van der Waals surface area (Å²) in [6, 6.07) is 9.38. The van der Waals surface area contributed by atoms with Gasteiger partial charge in [0.2, 0.25) is 5.91 Å². The highest BCUT2D eigenvalue weighted by atomic mass is 16.3. The lowest BCUT2D eigenvalue weighted by Gasteiger charge is -2.14. The first kappa shape index (κ1) is 13.6. The molecule has 21 heavy (non-hydrogen) atoms. The van der Waals surface area contributed by atoms with Crippen LogP contribution in [0.25, 0.3) is 0 Å². The van der Waals surface area contributed by atoms with Gasteiger partial charge in [-0.3, -0.25) is 9.78 Å². The zero-order valence-corrected chi connectivity index (χ0v) is 11.7. The van der Waals surface area contributed by atoms with Gasteiger partial charge >= 0.3 is 0 Å². The minimum atomic E-state index is 0.0218. The van der Waals surface area contributed by atoms with Crippen molar-refractivity contribution in [2.24, 2.45) is 0 Å². The largest absolute Gasteiger partial charge is 0.508 e. The summed E-state index contributed by atoms with van der Waals surface area (Å²) in [6.07, 6.45) is 6.33. The van der Waals surface area contributed by atoms with Gasteiger partial charge in [0, 0.05) is 18.8 Å². The van der Waals surface area contributed by atoms with Gasteiger partial charge in [-0.05, 0) is 48.1 Å². The second-order valence-corrected chi connectivity index (χ2v) is 5.36. The van der Waals surface area contributed by atoms with Crippen molar-refractivity contribution in [2.45, 2.75) is 31.7 Å². The number of fused-ring (bicyclic) bond motifs is 1. The highest BCUT2D eigenvalue weighted by Crippen LogP contribution is 2.36. The predicted molar refractivity (Wildman–Crippen MR) is 79.9 cm³/mol. The maximum Gasteiger partial charge on any atom is 0.220 e. The number of aryl methyl sites for hydroxylation is 1. The Labute approximate surface area is 123 Å². The molecule has 1 atom stereocenters. The maximum absolute atomic E-state index is 12.1. The average molecular weight is 282 g/mol. The molecule has 1 aliphatic carbocycles. The molecule has 3 rings (SSSR count). The standard InChI is InChI=1S/C17H18N2O2/c20-16-5-1-4-13-14(16)7-8-15(13)19-17(21)9-6-12-3-2-10-18-11-12/h1-5,10-11,15,20H,6-9H2,(H,19,21)/t15-/m1/s1. The molecule has 0 fully saturated rings. The topological polar surface area (TPSA) is 62.2 Å². The van der Waals surface area contributed by atoms with E-state index in [-0.39, 0.29) is 11.9 Å². The van der Waals surface area contributed by atoms with Crippen molar-refractivity contribution in [1.29, 1.82) is 0 Å². The number of aromatic nitrogens is 1. The molecule has 1 aromatic heterocycles. The van der Waals surface area contributed by atoms with E-state index in [1.807, 2.05) is 24.3 Å². The van der Waals surface area contributed by atoms with Crippen LogP contribution in [0.1, 0.15) is 35.6 Å². The number of hydrogen-bond acceptors (Lipinski definition) is 3. The van der Waals surface area contributed by atoms with Crippen LogP contribution in [-0.2, 0) is 17.6 Å². The lowest BCUT2D eigenvalue weighted by Crippen LogP contribution is -2.27. The van der Waals surface area contributed by atoms with E-state index in [0.717, 1.165) is 29.5 Å². The van der Waals surface area contributed by atoms with E-state index in [1.165, 1.54) is 0 Å². The number of amides is 1. The SMILES string of the molecule is O=C(CCc1cccnc1)N[C@@H]1CCc2c(O)cccc21. The Balaban J connectivity index is 1.59. The molecule has 0 saturated heterocycles. The number of benzene rings is 1. The summed E-state index contributed by atoms with van der Waals surface area (Å²) in [4.78, 5) is 16.1. The van der Waals surface area contributed by atoms with Crippen molar-refractivity contribution in [3.8, 4) is 5.75 Å². The Morgan fingerprint density at radius 3 is 3.05 bits per heavy atom. The number of hydrogen-bond donors (Lipinski definition) is 2. The van der Waals surface area contributed by atoms with Crippen LogP contribution in [0, 0.1) is 0 Å². The third-order valence-electron chi connectivity index (χ3n) is 3.94. The lowest BCUT2D eigenvalue weighted by atomic mass is 10.1. The minimum absolute atomic E-state index is 0.0218. The molecule has 0 aliphatic heterocycles. The minimum Gasteiger partial charge on any atom is -0.508 e. The van der Waals surface area contributed by atoms with Crippen molar-refractivity contribution >= 4 is 5.91 Å². The number of phenols is 1. The van der Waals surface area contributed by atoms with Gasteiger partial charge in [-0.2, -0.15) is 0 Å². The van der Waals surface area contributed by atoms with Crippen LogP contribution < -0.4 is 5.32 Å². The molecule has 0 radical (unpaired) electrons. The molecule has 0 spiro atoms. The van der Waals surface area contributed by atoms with Crippen molar-refractivity contribution in [3.05, 3.63) is 59.4 Å². The maximum atomic E-state index is 12.1. The van der Waals surface area contributed by atoms with Gasteiger partial charge < -0.3 is 10.4 Å². The molecule has 4 heteroatoms. The van der Waals surface area contributed by atoms with Crippen LogP contribution >= 0.6 is 0 Å². The van der Waals surface area contributed by atoms with E-state index in [0.29, 0.717) is 18.6 Å². The number of nitrogens with one attached hydrogen (secondary N) is 1. The Kier molecular flexibility index (Phi) is 3.86. The average Bonchev–Trinajstić information content (AvgIpc) is 2.91. The predicted octanol–water partition coefficient (Wildman–Crippen LogP) is 2.52. The first-order chi connectivity index (χ1) is 10.2. The van der Waals surface area contributed by atoms with Crippen molar-refractivity contribution in [3.63, 3.8) is 0 Å². The van der Waals surface area contributed by atoms with Crippen LogP contribution in [0.4, 0.5) is 0 Å². The molecule has 1 aromatic carbocycles. The second kappa shape index (κ2) is 5.95. The molecular formula is C17H18N2O2. The molecule has 1 amide bonds. The zero-order valence-electron chi connectivity index (χ0n) is 11.7. The fourth-order valence-corrected chi connectivity index (χ4v) is 2.86. The molecule has 0 saturated carbocycles. The van der Waals surface area contributed by atoms with Crippen LogP contribution in [0.15, 0.2) is 42.7 Å². The zero-order chi connectivity index (χ0) is 14.7. The lowest BCUT2D eigenvalue weighted by molar-refractivity contribution is -0.121. The summed E-state index contributed by atoms with van der Waals surface area (Å²) in [5.74, 6) is 0.375. The number of phenolic OH excluding ortho intramolecular Hbond substituents is 1. The first-order valence-corrected chi connectivity index (χ1v) is 7.23. The number of rotatable bonds is 4. The highest BCUT2D eigenvalue weighted by molar-refractivity contribution is 5.77. The quantitative estimate of drug-likeness (QED) is 0.905. The Morgan fingerprint density at radius 2 is 2.24 bits per heavy atom. The molecule has 2 N–H and O–H groups in total. The van der Waals surface area contributed by atoms with Crippen LogP contribution in [0.2, 0.25) is 0 Å². The normalized spacial score (nSPS) is 16.5. The summed E-state index contributed by atoms with van der Waals surface area (Å²) in [6.45, 7) is 0. The second-order valence-electron chi connectivity index (χ2n) is 5.36. The number of carbonyl (C=O) groups is 1. The molecule has 1 aliphatic rings. The van der Waals surface area contributed by atoms with Gasteiger partial charge in [0.05, 0.1) is 6.04 Å². The number of aromatic hydroxyl groups is 1. The van der Waals surface area contributed by atoms with Gasteiger partial charge in [0.1, 0.15) is 5.75 Å². The van der Waals surface area contributed by atoms with Crippen LogP contribution in [0.3, 0.4) is 0 Å². The number of pyridine rings is 1. The van der Waals surface area contributed by atoms with Crippen molar-refractivity contribution in [2.75, 3.05) is 0 Å². The molecule has 0 unspecified atom stereocenters. The summed E-state index contributed by atoms with van der Waals surface area (Å²) < 4.78 is 0. The third kappa shape index (κ3) is 3.05. The fourth-order valence-electron chi connectivity index (χ4n) is 2.86. The number of carbonyl (C=O) groups excluding carboxylic acids is 1. The molecule has 1 heterocycles. The Bertz CT molecular complexity index is 640. The molecule has 4 nitrogen and oxygen atoms in total. The van der Waals surface area contributed by atoms with Crippen LogP contribution in [0.5, 0.6) is 5.75 Å². The van der Waals surface area contributed by atoms with Gasteiger partial charge in [0.15, 0.2) is 0 Å². The van der Waals surface area contributed by atoms with Gasteiger partial charge in [-0.25, -0.2) is 0 Å². The first-order valence-electron chi connectivity index (χ1n) is 7.23. The van der Waals surface area contributed by atoms with E-state index >= 15 is 0 Å². The van der Waals surface area contributed by atoms with Crippen molar-refractivity contribution in [1.82, 2.24) is 10.3 Å². The highest BCUT2D eigenvalue weighted by Gasteiger charge is 2.25. The van der Waals surface area contributed by atoms with E-state index in [1.54, 1.807) is 18.5 Å². The van der Waals surface area contributed by atoms with E-state index in [9.17, 15) is 9.90 Å². The van der Waals surface area contributed by atoms with Crippen molar-refractivity contribution < 1.29 is 9.90 Å². The summed E-state index contributed by atoms with van der Waals surface area (Å²) in [7, 11) is 0. The molecular weight excluding hydrogens is 264 g/mol. The monoisotopic (exact) mass is 282 g/mol. The van der Waals surface area contributed by atoms with Gasteiger partial charge in [-0.1, -0.05) is 18.2 Å². The summed E-state index contributed by atoms with van der Waals surface area (Å²) in [5.41, 5.74) is 3.08. The Hall–Kier alpha value is -2.36. The molecule has 0 bridgehead atoms. The van der Waals surface area contributed by atoms with Crippen LogP contribution in [-0.4, -0.2) is 16.0 Å². The third-order valence-corrected chi connectivity index (χ3v) is 3.94.